The number of anilines is 1. The monoisotopic (exact) mass is 430 g/mol. The summed E-state index contributed by atoms with van der Waals surface area (Å²) < 4.78 is 40.3. The molecule has 0 aliphatic carbocycles. The van der Waals surface area contributed by atoms with Gasteiger partial charge in [0.05, 0.1) is 11.3 Å². The lowest BCUT2D eigenvalue weighted by Gasteiger charge is -2.28. The van der Waals surface area contributed by atoms with Gasteiger partial charge in [-0.2, -0.15) is 4.31 Å². The largest absolute Gasteiger partial charge is 0.326 e. The highest BCUT2D eigenvalue weighted by Gasteiger charge is 2.28. The predicted octanol–water partition coefficient (Wildman–Crippen LogP) is 3.82. The lowest BCUT2D eigenvalue weighted by molar-refractivity contribution is -0.115. The molecule has 1 aromatic heterocycles. The normalized spacial score (nSPS) is 14.4. The number of benzene rings is 2. The molecule has 8 heteroatoms. The van der Waals surface area contributed by atoms with Crippen molar-refractivity contribution in [3.8, 4) is 0 Å². The van der Waals surface area contributed by atoms with Crippen LogP contribution in [0.5, 0.6) is 0 Å². The van der Waals surface area contributed by atoms with Crippen molar-refractivity contribution >= 4 is 33.0 Å². The quantitative estimate of drug-likeness (QED) is 0.669. The molecular formula is C21H19FN2O3S2. The SMILES string of the molecule is O=C(Cc1cccs1)Nc1ccc2c(c1)CN(S(=O)(=O)c1ccc(F)cc1)CC2. The van der Waals surface area contributed by atoms with E-state index in [4.69, 9.17) is 0 Å². The van der Waals surface area contributed by atoms with Crippen LogP contribution in [0.25, 0.3) is 0 Å². The third kappa shape index (κ3) is 4.39. The van der Waals surface area contributed by atoms with Crippen molar-refractivity contribution in [1.82, 2.24) is 4.31 Å². The Labute approximate surface area is 172 Å². The standard InChI is InChI=1S/C21H19FN2O3S2/c22-17-4-7-20(8-5-17)29(26,27)24-10-9-15-3-6-18(12-16(15)14-24)23-21(25)13-19-2-1-11-28-19/h1-8,11-12H,9-10,13-14H2,(H,23,25). The number of carbonyl (C=O) groups excluding carboxylic acids is 1. The summed E-state index contributed by atoms with van der Waals surface area (Å²) in [4.78, 5) is 13.3. The molecule has 2 aromatic carbocycles. The summed E-state index contributed by atoms with van der Waals surface area (Å²) in [6.07, 6.45) is 0.888. The van der Waals surface area contributed by atoms with Crippen LogP contribution in [-0.2, 0) is 34.2 Å². The lowest BCUT2D eigenvalue weighted by atomic mass is 10.0. The van der Waals surface area contributed by atoms with Crippen LogP contribution in [-0.4, -0.2) is 25.2 Å². The van der Waals surface area contributed by atoms with Crippen LogP contribution in [0.4, 0.5) is 10.1 Å². The summed E-state index contributed by atoms with van der Waals surface area (Å²) in [5, 5.41) is 4.81. The molecule has 4 rings (SSSR count). The van der Waals surface area contributed by atoms with Crippen LogP contribution < -0.4 is 5.32 Å². The highest BCUT2D eigenvalue weighted by molar-refractivity contribution is 7.89. The summed E-state index contributed by atoms with van der Waals surface area (Å²) in [6, 6.07) is 14.3. The molecule has 0 saturated carbocycles. The molecule has 3 aromatic rings. The molecule has 0 fully saturated rings. The van der Waals surface area contributed by atoms with Gasteiger partial charge in [0.1, 0.15) is 5.82 Å². The van der Waals surface area contributed by atoms with Crippen LogP contribution in [0.1, 0.15) is 16.0 Å². The smallest absolute Gasteiger partial charge is 0.243 e. The van der Waals surface area contributed by atoms with E-state index in [0.29, 0.717) is 25.1 Å². The van der Waals surface area contributed by atoms with Gasteiger partial charge in [0.25, 0.3) is 0 Å². The molecule has 1 aliphatic rings. The first-order valence-electron chi connectivity index (χ1n) is 9.11. The first-order valence-corrected chi connectivity index (χ1v) is 11.4. The molecule has 0 radical (unpaired) electrons. The Balaban J connectivity index is 1.50. The molecule has 0 unspecified atom stereocenters. The number of amides is 1. The summed E-state index contributed by atoms with van der Waals surface area (Å²) in [7, 11) is -3.71. The third-order valence-corrected chi connectivity index (χ3v) is 7.57. The van der Waals surface area contributed by atoms with Gasteiger partial charge in [-0.1, -0.05) is 12.1 Å². The van der Waals surface area contributed by atoms with Gasteiger partial charge < -0.3 is 5.32 Å². The molecule has 29 heavy (non-hydrogen) atoms. The molecule has 1 N–H and O–H groups in total. The molecule has 5 nitrogen and oxygen atoms in total. The predicted molar refractivity (Wildman–Crippen MR) is 111 cm³/mol. The summed E-state index contributed by atoms with van der Waals surface area (Å²) in [6.45, 7) is 0.570. The molecule has 0 atom stereocenters. The van der Waals surface area contributed by atoms with Gasteiger partial charge in [-0.05, 0) is 65.4 Å². The van der Waals surface area contributed by atoms with Gasteiger partial charge in [0, 0.05) is 23.7 Å². The molecule has 2 heterocycles. The second kappa shape index (κ2) is 8.06. The maximum atomic E-state index is 13.1. The van der Waals surface area contributed by atoms with Crippen molar-refractivity contribution in [3.63, 3.8) is 0 Å². The van der Waals surface area contributed by atoms with E-state index in [9.17, 15) is 17.6 Å². The number of sulfonamides is 1. The summed E-state index contributed by atoms with van der Waals surface area (Å²) >= 11 is 1.53. The van der Waals surface area contributed by atoms with Gasteiger partial charge in [0.2, 0.25) is 15.9 Å². The number of halogens is 1. The number of carbonyl (C=O) groups is 1. The van der Waals surface area contributed by atoms with Crippen molar-refractivity contribution < 1.29 is 17.6 Å². The highest BCUT2D eigenvalue weighted by Crippen LogP contribution is 2.27. The zero-order chi connectivity index (χ0) is 20.4. The first kappa shape index (κ1) is 19.8. The van der Waals surface area contributed by atoms with Gasteiger partial charge in [-0.3, -0.25) is 4.79 Å². The molecule has 150 valence electrons. The Bertz CT molecular complexity index is 1130. The highest BCUT2D eigenvalue weighted by atomic mass is 32.2. The molecule has 0 saturated heterocycles. The maximum absolute atomic E-state index is 13.1. The van der Waals surface area contributed by atoms with Crippen LogP contribution >= 0.6 is 11.3 Å². The fourth-order valence-electron chi connectivity index (χ4n) is 3.35. The minimum atomic E-state index is -3.71. The van der Waals surface area contributed by atoms with E-state index in [2.05, 4.69) is 5.32 Å². The zero-order valence-electron chi connectivity index (χ0n) is 15.5. The van der Waals surface area contributed by atoms with Crippen LogP contribution in [0.15, 0.2) is 64.9 Å². The molecule has 0 bridgehead atoms. The third-order valence-electron chi connectivity index (χ3n) is 4.83. The van der Waals surface area contributed by atoms with Crippen LogP contribution in [0, 0.1) is 5.82 Å². The van der Waals surface area contributed by atoms with Crippen molar-refractivity contribution in [2.75, 3.05) is 11.9 Å². The number of thiophene rings is 1. The Kier molecular flexibility index (Phi) is 5.49. The second-order valence-electron chi connectivity index (χ2n) is 6.83. The minimum Gasteiger partial charge on any atom is -0.326 e. The number of rotatable bonds is 5. The van der Waals surface area contributed by atoms with E-state index in [1.54, 1.807) is 0 Å². The van der Waals surface area contributed by atoms with Crippen molar-refractivity contribution in [2.24, 2.45) is 0 Å². The number of hydrogen-bond acceptors (Lipinski definition) is 4. The van der Waals surface area contributed by atoms with Crippen LogP contribution in [0.2, 0.25) is 0 Å². The minimum absolute atomic E-state index is 0.0720. The van der Waals surface area contributed by atoms with Crippen molar-refractivity contribution in [1.29, 1.82) is 0 Å². The van der Waals surface area contributed by atoms with E-state index >= 15 is 0 Å². The lowest BCUT2D eigenvalue weighted by Crippen LogP contribution is -2.36. The van der Waals surface area contributed by atoms with Crippen molar-refractivity contribution in [3.05, 3.63) is 81.8 Å². The maximum Gasteiger partial charge on any atom is 0.243 e. The Hall–Kier alpha value is -2.55. The van der Waals surface area contributed by atoms with Gasteiger partial charge >= 0.3 is 0 Å². The Morgan fingerprint density at radius 3 is 2.62 bits per heavy atom. The number of nitrogens with zero attached hydrogens (tertiary/aromatic N) is 1. The van der Waals surface area contributed by atoms with Gasteiger partial charge in [-0.15, -0.1) is 11.3 Å². The second-order valence-corrected chi connectivity index (χ2v) is 9.80. The number of fused-ring (bicyclic) bond motifs is 1. The van der Waals surface area contributed by atoms with Crippen LogP contribution in [0.3, 0.4) is 0 Å². The fourth-order valence-corrected chi connectivity index (χ4v) is 5.47. The van der Waals surface area contributed by atoms with E-state index in [-0.39, 0.29) is 17.3 Å². The molecular weight excluding hydrogens is 411 g/mol. The Morgan fingerprint density at radius 2 is 1.90 bits per heavy atom. The first-order chi connectivity index (χ1) is 13.9. The van der Waals surface area contributed by atoms with Crippen molar-refractivity contribution in [2.45, 2.75) is 24.3 Å². The molecule has 1 amide bonds. The van der Waals surface area contributed by atoms with E-state index in [0.717, 1.165) is 28.1 Å². The van der Waals surface area contributed by atoms with E-state index in [1.807, 2.05) is 35.7 Å². The summed E-state index contributed by atoms with van der Waals surface area (Å²) in [5.41, 5.74) is 2.56. The van der Waals surface area contributed by atoms with Gasteiger partial charge in [-0.25, -0.2) is 12.8 Å². The van der Waals surface area contributed by atoms with Gasteiger partial charge in [0.15, 0.2) is 0 Å². The zero-order valence-corrected chi connectivity index (χ0v) is 17.1. The van der Waals surface area contributed by atoms with E-state index < -0.39 is 15.8 Å². The topological polar surface area (TPSA) is 66.5 Å². The Morgan fingerprint density at radius 1 is 1.10 bits per heavy atom. The average molecular weight is 431 g/mol. The average Bonchev–Trinajstić information content (AvgIpc) is 3.20. The summed E-state index contributed by atoms with van der Waals surface area (Å²) in [5.74, 6) is -0.588. The van der Waals surface area contributed by atoms with E-state index in [1.165, 1.54) is 27.8 Å². The number of hydrogen-bond donors (Lipinski definition) is 1. The molecule has 1 aliphatic heterocycles. The number of nitrogens with one attached hydrogen (secondary N) is 1. The molecule has 0 spiro atoms. The fraction of sp³-hybridized carbons (Fsp3) is 0.190.